The number of anilines is 2. The summed E-state index contributed by atoms with van der Waals surface area (Å²) >= 11 is 0. The Hall–Kier alpha value is -4.78. The number of hydrogen-bond acceptors (Lipinski definition) is 9. The smallest absolute Gasteiger partial charge is 0.288 e. The van der Waals surface area contributed by atoms with E-state index in [1.165, 1.54) is 12.3 Å². The largest absolute Gasteiger partial charge is 0.392 e. The summed E-state index contributed by atoms with van der Waals surface area (Å²) in [5.41, 5.74) is 2.68. The molecule has 1 aliphatic heterocycles. The van der Waals surface area contributed by atoms with Gasteiger partial charge in [0.1, 0.15) is 17.3 Å². The number of likely N-dealkylation sites (N-methyl/N-ethyl adjacent to an activating group) is 1. The molecule has 3 N–H and O–H groups in total. The Bertz CT molecular complexity index is 2060. The Kier molecular flexibility index (Phi) is 8.75. The molecule has 0 bridgehead atoms. The van der Waals surface area contributed by atoms with Gasteiger partial charge >= 0.3 is 0 Å². The Balaban J connectivity index is 1.34. The quantitative estimate of drug-likeness (QED) is 0.239. The van der Waals surface area contributed by atoms with E-state index in [4.69, 9.17) is 0 Å². The van der Waals surface area contributed by atoms with Crippen molar-refractivity contribution in [2.75, 3.05) is 38.5 Å². The van der Waals surface area contributed by atoms with Crippen molar-refractivity contribution in [3.05, 3.63) is 104 Å². The van der Waals surface area contributed by atoms with E-state index in [-0.39, 0.29) is 22.2 Å². The topological polar surface area (TPSA) is 132 Å². The lowest BCUT2D eigenvalue weighted by atomic mass is 9.86. The maximum Gasteiger partial charge on any atom is 0.288 e. The Morgan fingerprint density at radius 2 is 1.81 bits per heavy atom. The van der Waals surface area contributed by atoms with Crippen molar-refractivity contribution in [1.82, 2.24) is 34.8 Å². The number of aromatic nitrogens is 5. The predicted molar refractivity (Wildman–Crippen MR) is 181 cm³/mol. The summed E-state index contributed by atoms with van der Waals surface area (Å²) in [7, 11) is 2.13. The first-order valence-corrected chi connectivity index (χ1v) is 15.6. The summed E-state index contributed by atoms with van der Waals surface area (Å²) in [6.07, 6.45) is 3.26. The van der Waals surface area contributed by atoms with Crippen LogP contribution in [0.3, 0.4) is 0 Å². The van der Waals surface area contributed by atoms with E-state index in [0.717, 1.165) is 48.5 Å². The molecule has 3 aromatic heterocycles. The molecule has 0 saturated carbocycles. The monoisotopic (exact) mass is 638 g/mol. The van der Waals surface area contributed by atoms with Crippen molar-refractivity contribution in [2.45, 2.75) is 46.3 Å². The van der Waals surface area contributed by atoms with Gasteiger partial charge in [0, 0.05) is 61.0 Å². The van der Waals surface area contributed by atoms with E-state index in [1.807, 2.05) is 32.9 Å². The third-order valence-corrected chi connectivity index (χ3v) is 8.80. The fourth-order valence-corrected chi connectivity index (χ4v) is 5.93. The maximum atomic E-state index is 15.4. The van der Waals surface area contributed by atoms with Crippen LogP contribution in [0.5, 0.6) is 0 Å². The number of aliphatic hydroxyl groups is 1. The highest BCUT2D eigenvalue weighted by atomic mass is 19.1. The van der Waals surface area contributed by atoms with Gasteiger partial charge in [-0.1, -0.05) is 39.0 Å². The minimum atomic E-state index is -0.650. The number of piperazine rings is 1. The SMILES string of the molecule is Cc1c(-c2cccc(-n3ncc4cc(C(C)(C)C)cc(F)c4c3=O)c2CO)n[nH]c(=O)c1Nc1ccc(CN2CCN(C)CC2)cn1. The average molecular weight is 639 g/mol. The van der Waals surface area contributed by atoms with Crippen LogP contribution < -0.4 is 16.4 Å². The summed E-state index contributed by atoms with van der Waals surface area (Å²) in [4.78, 5) is 35.8. The number of halogens is 1. The number of fused-ring (bicyclic) bond motifs is 1. The average Bonchev–Trinajstić information content (AvgIpc) is 3.04. The number of hydrogen-bond donors (Lipinski definition) is 3. The fourth-order valence-electron chi connectivity index (χ4n) is 5.93. The van der Waals surface area contributed by atoms with Crippen LogP contribution >= 0.6 is 0 Å². The van der Waals surface area contributed by atoms with Crippen molar-refractivity contribution in [1.29, 1.82) is 0 Å². The van der Waals surface area contributed by atoms with Gasteiger partial charge in [-0.25, -0.2) is 14.5 Å². The number of aromatic amines is 1. The van der Waals surface area contributed by atoms with Crippen LogP contribution in [0.4, 0.5) is 15.9 Å². The Labute approximate surface area is 271 Å². The predicted octanol–water partition coefficient (Wildman–Crippen LogP) is 4.26. The van der Waals surface area contributed by atoms with Gasteiger partial charge in [0.2, 0.25) is 0 Å². The molecule has 0 radical (unpaired) electrons. The summed E-state index contributed by atoms with van der Waals surface area (Å²) in [5, 5.41) is 25.2. The molecule has 0 amide bonds. The third-order valence-electron chi connectivity index (χ3n) is 8.80. The van der Waals surface area contributed by atoms with Gasteiger partial charge in [-0.2, -0.15) is 14.9 Å². The maximum absolute atomic E-state index is 15.4. The van der Waals surface area contributed by atoms with Crippen LogP contribution in [-0.2, 0) is 18.6 Å². The Morgan fingerprint density at radius 3 is 2.49 bits per heavy atom. The normalized spacial score (nSPS) is 14.5. The number of nitrogens with one attached hydrogen (secondary N) is 2. The molecule has 244 valence electrons. The first kappa shape index (κ1) is 32.2. The van der Waals surface area contributed by atoms with E-state index >= 15 is 4.39 Å². The standard InChI is InChI=1S/C35H39FN8O3/c1-21-31(40-41-33(46)32(21)39-29-10-9-22(17-37-29)19-43-13-11-42(5)12-14-43)25-7-6-8-28(26(25)20-45)44-34(47)30-23(18-38-44)15-24(16-27(30)36)35(2,3)4/h6-10,15-18,45H,11-14,19-20H2,1-5H3,(H,41,46)(H,37,39,40). The molecular formula is C35H39FN8O3. The minimum Gasteiger partial charge on any atom is -0.392 e. The lowest BCUT2D eigenvalue weighted by Crippen LogP contribution is -2.43. The summed E-state index contributed by atoms with van der Waals surface area (Å²) in [6.45, 7) is 12.1. The van der Waals surface area contributed by atoms with E-state index in [1.54, 1.807) is 37.4 Å². The molecule has 1 fully saturated rings. The van der Waals surface area contributed by atoms with Gasteiger partial charge < -0.3 is 15.3 Å². The zero-order chi connectivity index (χ0) is 33.5. The molecule has 11 nitrogen and oxygen atoms in total. The molecule has 1 aliphatic rings. The first-order valence-electron chi connectivity index (χ1n) is 15.6. The Morgan fingerprint density at radius 1 is 1.04 bits per heavy atom. The number of H-pyrrole nitrogens is 1. The van der Waals surface area contributed by atoms with Gasteiger partial charge in [-0.15, -0.1) is 0 Å². The molecule has 12 heteroatoms. The first-order chi connectivity index (χ1) is 22.4. The highest BCUT2D eigenvalue weighted by Crippen LogP contribution is 2.32. The van der Waals surface area contributed by atoms with E-state index in [0.29, 0.717) is 33.6 Å². The lowest BCUT2D eigenvalue weighted by molar-refractivity contribution is 0.148. The van der Waals surface area contributed by atoms with Crippen LogP contribution in [0, 0.1) is 12.7 Å². The molecule has 0 aliphatic carbocycles. The van der Waals surface area contributed by atoms with Crippen LogP contribution in [0.25, 0.3) is 27.7 Å². The molecule has 0 atom stereocenters. The van der Waals surface area contributed by atoms with Gasteiger partial charge in [-0.05, 0) is 54.8 Å². The molecular weight excluding hydrogens is 599 g/mol. The number of nitrogens with zero attached hydrogens (tertiary/aromatic N) is 6. The van der Waals surface area contributed by atoms with Crippen LogP contribution in [0.2, 0.25) is 0 Å². The molecule has 0 unspecified atom stereocenters. The third kappa shape index (κ3) is 6.44. The highest BCUT2D eigenvalue weighted by molar-refractivity contribution is 5.83. The van der Waals surface area contributed by atoms with Gasteiger partial charge in [0.15, 0.2) is 0 Å². The second-order valence-electron chi connectivity index (χ2n) is 13.2. The lowest BCUT2D eigenvalue weighted by Gasteiger charge is -2.32. The number of pyridine rings is 1. The molecule has 6 rings (SSSR count). The molecule has 1 saturated heterocycles. The zero-order valence-electron chi connectivity index (χ0n) is 27.3. The van der Waals surface area contributed by atoms with Crippen LogP contribution in [0.15, 0.2) is 64.4 Å². The number of aliphatic hydroxyl groups excluding tert-OH is 1. The van der Waals surface area contributed by atoms with Crippen LogP contribution in [0.1, 0.15) is 43.0 Å². The minimum absolute atomic E-state index is 0.0887. The second-order valence-corrected chi connectivity index (χ2v) is 13.2. The summed E-state index contributed by atoms with van der Waals surface area (Å²) in [6, 6.07) is 12.1. The molecule has 0 spiro atoms. The van der Waals surface area contributed by atoms with Crippen molar-refractivity contribution in [2.24, 2.45) is 0 Å². The molecule has 5 aromatic rings. The number of benzene rings is 2. The molecule has 2 aromatic carbocycles. The van der Waals surface area contributed by atoms with Gasteiger partial charge in [0.25, 0.3) is 11.1 Å². The van der Waals surface area contributed by atoms with Gasteiger partial charge in [-0.3, -0.25) is 14.5 Å². The highest BCUT2D eigenvalue weighted by Gasteiger charge is 2.22. The van der Waals surface area contributed by atoms with E-state index in [2.05, 4.69) is 42.4 Å². The van der Waals surface area contributed by atoms with E-state index < -0.39 is 23.5 Å². The van der Waals surface area contributed by atoms with Crippen molar-refractivity contribution in [3.63, 3.8) is 0 Å². The zero-order valence-corrected chi connectivity index (χ0v) is 27.3. The summed E-state index contributed by atoms with van der Waals surface area (Å²) < 4.78 is 16.5. The van der Waals surface area contributed by atoms with Crippen molar-refractivity contribution < 1.29 is 9.50 Å². The number of rotatable bonds is 7. The van der Waals surface area contributed by atoms with Gasteiger partial charge in [0.05, 0.1) is 29.6 Å². The molecule has 47 heavy (non-hydrogen) atoms. The second kappa shape index (κ2) is 12.8. The summed E-state index contributed by atoms with van der Waals surface area (Å²) in [5.74, 6) is -0.136. The van der Waals surface area contributed by atoms with Crippen molar-refractivity contribution >= 4 is 22.3 Å². The van der Waals surface area contributed by atoms with Crippen LogP contribution in [-0.4, -0.2) is 73.1 Å². The van der Waals surface area contributed by atoms with E-state index in [9.17, 15) is 14.7 Å². The fraction of sp³-hybridized carbons (Fsp3) is 0.343. The van der Waals surface area contributed by atoms with Crippen molar-refractivity contribution in [3.8, 4) is 16.9 Å². The molecule has 4 heterocycles.